The number of hydrogen-bond acceptors (Lipinski definition) is 3. The van der Waals surface area contributed by atoms with Crippen LogP contribution >= 0.6 is 0 Å². The summed E-state index contributed by atoms with van der Waals surface area (Å²) in [7, 11) is 0. The lowest BCUT2D eigenvalue weighted by molar-refractivity contribution is -0.388. The fraction of sp³-hybridized carbons (Fsp3) is 0.200. The number of para-hydroxylation sites is 1. The number of hydrogen-bond donors (Lipinski definition) is 1. The molecule has 0 aliphatic heterocycles. The molecule has 0 radical (unpaired) electrons. The van der Waals surface area contributed by atoms with Crippen molar-refractivity contribution >= 4 is 5.69 Å². The van der Waals surface area contributed by atoms with E-state index in [9.17, 15) is 28.4 Å². The van der Waals surface area contributed by atoms with Crippen molar-refractivity contribution in [1.82, 2.24) is 0 Å². The van der Waals surface area contributed by atoms with Gasteiger partial charge in [-0.2, -0.15) is 13.2 Å². The minimum absolute atomic E-state index is 0.464. The van der Waals surface area contributed by atoms with Crippen LogP contribution in [-0.4, -0.2) is 16.2 Å². The van der Waals surface area contributed by atoms with Gasteiger partial charge >= 0.3 is 6.18 Å². The molecule has 0 amide bonds. The molecule has 7 heteroatoms. The standard InChI is InChI=1S/C15H12F3NO3/c1-10-5-4-6-11(9-10)14(20,15(16,17)18)12-7-2-3-8-13(12)19(21)22/h2-9,20H,1H3. The Morgan fingerprint density at radius 1 is 1.09 bits per heavy atom. The lowest BCUT2D eigenvalue weighted by Gasteiger charge is -2.31. The highest BCUT2D eigenvalue weighted by Gasteiger charge is 2.58. The second-order valence-corrected chi connectivity index (χ2v) is 4.85. The molecule has 0 aliphatic rings. The van der Waals surface area contributed by atoms with Gasteiger partial charge in [0.15, 0.2) is 0 Å². The van der Waals surface area contributed by atoms with Gasteiger partial charge in [-0.25, -0.2) is 0 Å². The molecule has 2 rings (SSSR count). The number of benzene rings is 2. The monoisotopic (exact) mass is 311 g/mol. The number of nitro groups is 1. The maximum absolute atomic E-state index is 13.6. The Bertz CT molecular complexity index is 715. The van der Waals surface area contributed by atoms with Gasteiger partial charge in [0.25, 0.3) is 5.69 Å². The molecule has 0 saturated carbocycles. The first kappa shape index (κ1) is 16.0. The van der Waals surface area contributed by atoms with E-state index in [4.69, 9.17) is 0 Å². The van der Waals surface area contributed by atoms with Crippen LogP contribution in [0.2, 0.25) is 0 Å². The summed E-state index contributed by atoms with van der Waals surface area (Å²) in [4.78, 5) is 10.1. The molecular weight excluding hydrogens is 299 g/mol. The molecule has 0 saturated heterocycles. The highest BCUT2D eigenvalue weighted by atomic mass is 19.4. The first-order valence-corrected chi connectivity index (χ1v) is 6.28. The summed E-state index contributed by atoms with van der Waals surface area (Å²) in [6, 6.07) is 9.48. The molecule has 0 aromatic heterocycles. The molecule has 2 aromatic rings. The van der Waals surface area contributed by atoms with Crippen LogP contribution in [0.3, 0.4) is 0 Å². The van der Waals surface area contributed by atoms with E-state index in [0.29, 0.717) is 5.56 Å². The van der Waals surface area contributed by atoms with Crippen molar-refractivity contribution in [3.63, 3.8) is 0 Å². The molecule has 0 aliphatic carbocycles. The molecule has 2 aromatic carbocycles. The zero-order chi connectivity index (χ0) is 16.5. The van der Waals surface area contributed by atoms with Crippen LogP contribution < -0.4 is 0 Å². The second kappa shape index (κ2) is 5.42. The van der Waals surface area contributed by atoms with Gasteiger partial charge in [-0.3, -0.25) is 10.1 Å². The lowest BCUT2D eigenvalue weighted by atomic mass is 9.84. The van der Waals surface area contributed by atoms with Crippen molar-refractivity contribution in [3.05, 3.63) is 75.3 Å². The Morgan fingerprint density at radius 3 is 2.27 bits per heavy atom. The first-order valence-electron chi connectivity index (χ1n) is 6.28. The molecule has 0 heterocycles. The Morgan fingerprint density at radius 2 is 1.73 bits per heavy atom. The molecule has 0 spiro atoms. The largest absolute Gasteiger partial charge is 0.426 e. The molecule has 1 atom stereocenters. The number of nitrogens with zero attached hydrogens (tertiary/aromatic N) is 1. The van der Waals surface area contributed by atoms with Crippen LogP contribution in [0.5, 0.6) is 0 Å². The van der Waals surface area contributed by atoms with Crippen molar-refractivity contribution in [1.29, 1.82) is 0 Å². The summed E-state index contributed by atoms with van der Waals surface area (Å²) >= 11 is 0. The van der Waals surface area contributed by atoms with Crippen LogP contribution in [0.25, 0.3) is 0 Å². The maximum atomic E-state index is 13.6. The van der Waals surface area contributed by atoms with Gasteiger partial charge in [-0.15, -0.1) is 0 Å². The fourth-order valence-electron chi connectivity index (χ4n) is 2.28. The third kappa shape index (κ3) is 2.55. The van der Waals surface area contributed by atoms with Gasteiger partial charge < -0.3 is 5.11 Å². The zero-order valence-corrected chi connectivity index (χ0v) is 11.5. The zero-order valence-electron chi connectivity index (χ0n) is 11.5. The van der Waals surface area contributed by atoms with E-state index in [0.717, 1.165) is 24.3 Å². The van der Waals surface area contributed by atoms with Gasteiger partial charge in [0.05, 0.1) is 10.5 Å². The predicted octanol–water partition coefficient (Wildman–Crippen LogP) is 3.70. The summed E-state index contributed by atoms with van der Waals surface area (Å²) in [6.07, 6.45) is -5.12. The Hall–Kier alpha value is -2.41. The predicted molar refractivity (Wildman–Crippen MR) is 73.3 cm³/mol. The summed E-state index contributed by atoms with van der Waals surface area (Å²) in [5, 5.41) is 21.4. The molecule has 0 fully saturated rings. The van der Waals surface area contributed by atoms with Crippen LogP contribution in [0.15, 0.2) is 48.5 Å². The third-order valence-corrected chi connectivity index (χ3v) is 3.34. The Balaban J connectivity index is 2.80. The lowest BCUT2D eigenvalue weighted by Crippen LogP contribution is -2.43. The van der Waals surface area contributed by atoms with Crippen molar-refractivity contribution in [3.8, 4) is 0 Å². The van der Waals surface area contributed by atoms with Gasteiger partial charge in [0, 0.05) is 6.07 Å². The SMILES string of the molecule is Cc1cccc(C(O)(c2ccccc2[N+](=O)[O-])C(F)(F)F)c1. The van der Waals surface area contributed by atoms with Gasteiger partial charge in [-0.05, 0) is 18.6 Å². The van der Waals surface area contributed by atoms with Crippen LogP contribution in [0.4, 0.5) is 18.9 Å². The molecule has 1 N–H and O–H groups in total. The molecule has 4 nitrogen and oxygen atoms in total. The van der Waals surface area contributed by atoms with Crippen LogP contribution in [-0.2, 0) is 5.60 Å². The highest BCUT2D eigenvalue weighted by molar-refractivity contribution is 5.50. The molecule has 116 valence electrons. The highest BCUT2D eigenvalue weighted by Crippen LogP contribution is 2.47. The third-order valence-electron chi connectivity index (χ3n) is 3.34. The Kier molecular flexibility index (Phi) is 3.93. The van der Waals surface area contributed by atoms with Crippen molar-refractivity contribution < 1.29 is 23.2 Å². The first-order chi connectivity index (χ1) is 10.2. The van der Waals surface area contributed by atoms with Crippen molar-refractivity contribution in [2.75, 3.05) is 0 Å². The summed E-state index contributed by atoms with van der Waals surface area (Å²) in [5.74, 6) is 0. The van der Waals surface area contributed by atoms with Crippen molar-refractivity contribution in [2.45, 2.75) is 18.7 Å². The van der Waals surface area contributed by atoms with E-state index in [-0.39, 0.29) is 0 Å². The normalized spacial score (nSPS) is 14.4. The van der Waals surface area contributed by atoms with Gasteiger partial charge in [-0.1, -0.05) is 42.0 Å². The minimum Gasteiger partial charge on any atom is -0.372 e. The van der Waals surface area contributed by atoms with E-state index in [1.54, 1.807) is 13.0 Å². The maximum Gasteiger partial charge on any atom is 0.426 e. The van der Waals surface area contributed by atoms with E-state index in [1.165, 1.54) is 18.2 Å². The van der Waals surface area contributed by atoms with Gasteiger partial charge in [0.2, 0.25) is 5.60 Å². The number of aryl methyl sites for hydroxylation is 1. The fourth-order valence-corrected chi connectivity index (χ4v) is 2.28. The molecule has 1 unspecified atom stereocenters. The molecule has 0 bridgehead atoms. The van der Waals surface area contributed by atoms with Gasteiger partial charge in [0.1, 0.15) is 0 Å². The number of nitro benzene ring substituents is 1. The van der Waals surface area contributed by atoms with E-state index >= 15 is 0 Å². The average Bonchev–Trinajstić information content (AvgIpc) is 2.45. The number of alkyl halides is 3. The number of halogens is 3. The van der Waals surface area contributed by atoms with Crippen LogP contribution in [0.1, 0.15) is 16.7 Å². The Labute approximate surface area is 124 Å². The summed E-state index contributed by atoms with van der Waals surface area (Å²) in [5.41, 5.74) is -5.02. The summed E-state index contributed by atoms with van der Waals surface area (Å²) in [6.45, 7) is 1.57. The quantitative estimate of drug-likeness (QED) is 0.694. The topological polar surface area (TPSA) is 63.4 Å². The van der Waals surface area contributed by atoms with E-state index < -0.39 is 33.5 Å². The van der Waals surface area contributed by atoms with Crippen molar-refractivity contribution in [2.24, 2.45) is 0 Å². The minimum atomic E-state index is -5.12. The molecule has 22 heavy (non-hydrogen) atoms. The average molecular weight is 311 g/mol. The smallest absolute Gasteiger partial charge is 0.372 e. The number of aliphatic hydroxyl groups is 1. The second-order valence-electron chi connectivity index (χ2n) is 4.85. The summed E-state index contributed by atoms with van der Waals surface area (Å²) < 4.78 is 40.7. The van der Waals surface area contributed by atoms with E-state index in [2.05, 4.69) is 0 Å². The van der Waals surface area contributed by atoms with E-state index in [1.807, 2.05) is 0 Å². The molecular formula is C15H12F3NO3. The van der Waals surface area contributed by atoms with Crippen LogP contribution in [0, 0.1) is 17.0 Å². The number of rotatable bonds is 3.